The Hall–Kier alpha value is -3.58. The molecule has 40 heavy (non-hydrogen) atoms. The molecule has 0 bridgehead atoms. The van der Waals surface area contributed by atoms with Gasteiger partial charge in [-0.2, -0.15) is 0 Å². The van der Waals surface area contributed by atoms with Gasteiger partial charge < -0.3 is 24.1 Å². The average Bonchev–Trinajstić information content (AvgIpc) is 2.92. The standard InChI is InChI=1S/C19H26O4.C14H18O3/c1-4-21-18(20)13-17(14(2)3)15-8-10-16(11-9-15)23-19-7-5-6-12-22-19;1-4-17-14(16)9-13(10(2)3)11-5-7-12(15)8-6-11/h8-11,17,19H,2,4-7,12-13H2,1,3H3;5-8,13,15H,2,4,9H2,1,3H3. The first-order valence-electron chi connectivity index (χ1n) is 13.9. The molecule has 0 aliphatic carbocycles. The van der Waals surface area contributed by atoms with Crippen molar-refractivity contribution in [2.45, 2.75) is 77.9 Å². The van der Waals surface area contributed by atoms with Crippen LogP contribution in [0.15, 0.2) is 72.8 Å². The molecule has 7 nitrogen and oxygen atoms in total. The van der Waals surface area contributed by atoms with E-state index in [1.807, 2.05) is 45.0 Å². The topological polar surface area (TPSA) is 91.3 Å². The molecule has 1 fully saturated rings. The van der Waals surface area contributed by atoms with Gasteiger partial charge >= 0.3 is 11.9 Å². The molecular weight excluding hydrogens is 508 g/mol. The fraction of sp³-hybridized carbons (Fsp3) is 0.455. The van der Waals surface area contributed by atoms with Crippen LogP contribution in [0.3, 0.4) is 0 Å². The highest BCUT2D eigenvalue weighted by molar-refractivity contribution is 5.71. The molecule has 0 amide bonds. The molecule has 0 saturated carbocycles. The molecule has 2 aromatic rings. The highest BCUT2D eigenvalue weighted by atomic mass is 16.7. The molecule has 1 saturated heterocycles. The zero-order valence-corrected chi connectivity index (χ0v) is 24.3. The molecule has 3 atom stereocenters. The maximum atomic E-state index is 11.8. The molecule has 1 aliphatic rings. The van der Waals surface area contributed by atoms with Gasteiger partial charge in [-0.3, -0.25) is 9.59 Å². The Kier molecular flexibility index (Phi) is 14.0. The van der Waals surface area contributed by atoms with Crippen molar-refractivity contribution in [3.63, 3.8) is 0 Å². The number of phenolic OH excluding ortho intramolecular Hbond substituents is 1. The van der Waals surface area contributed by atoms with E-state index in [4.69, 9.17) is 18.9 Å². The lowest BCUT2D eigenvalue weighted by molar-refractivity contribution is -0.144. The van der Waals surface area contributed by atoms with E-state index in [1.165, 1.54) is 0 Å². The van der Waals surface area contributed by atoms with E-state index < -0.39 is 0 Å². The van der Waals surface area contributed by atoms with Gasteiger partial charge in [0.05, 0.1) is 32.7 Å². The van der Waals surface area contributed by atoms with Gasteiger partial charge in [-0.15, -0.1) is 0 Å². The summed E-state index contributed by atoms with van der Waals surface area (Å²) in [4.78, 5) is 23.2. The molecule has 1 aliphatic heterocycles. The zero-order chi connectivity index (χ0) is 29.5. The molecule has 1 heterocycles. The molecule has 0 aromatic heterocycles. The van der Waals surface area contributed by atoms with E-state index in [2.05, 4.69) is 13.2 Å². The minimum Gasteiger partial charge on any atom is -0.508 e. The average molecular weight is 553 g/mol. The third-order valence-corrected chi connectivity index (χ3v) is 6.53. The van der Waals surface area contributed by atoms with Crippen molar-refractivity contribution in [3.05, 3.63) is 84.0 Å². The molecule has 2 aromatic carbocycles. The number of ether oxygens (including phenoxy) is 4. The minimum atomic E-state index is -0.228. The maximum absolute atomic E-state index is 11.8. The molecule has 7 heteroatoms. The molecule has 0 spiro atoms. The van der Waals surface area contributed by atoms with Crippen LogP contribution in [0.2, 0.25) is 0 Å². The van der Waals surface area contributed by atoms with Crippen LogP contribution in [0.5, 0.6) is 11.5 Å². The Balaban J connectivity index is 0.000000294. The van der Waals surface area contributed by atoms with E-state index in [0.29, 0.717) is 19.6 Å². The second-order valence-corrected chi connectivity index (χ2v) is 9.89. The van der Waals surface area contributed by atoms with Crippen molar-refractivity contribution >= 4 is 11.9 Å². The largest absolute Gasteiger partial charge is 0.508 e. The van der Waals surface area contributed by atoms with Crippen LogP contribution in [0.25, 0.3) is 0 Å². The summed E-state index contributed by atoms with van der Waals surface area (Å²) < 4.78 is 21.4. The van der Waals surface area contributed by atoms with Gasteiger partial charge in [0.15, 0.2) is 6.29 Å². The molecule has 218 valence electrons. The van der Waals surface area contributed by atoms with Gasteiger partial charge in [-0.25, -0.2) is 0 Å². The van der Waals surface area contributed by atoms with Crippen LogP contribution in [-0.4, -0.2) is 43.2 Å². The fourth-order valence-electron chi connectivity index (χ4n) is 4.37. The lowest BCUT2D eigenvalue weighted by Gasteiger charge is -2.24. The van der Waals surface area contributed by atoms with Crippen LogP contribution in [0, 0.1) is 0 Å². The molecule has 3 unspecified atom stereocenters. The Morgan fingerprint density at radius 2 is 1.32 bits per heavy atom. The van der Waals surface area contributed by atoms with Crippen molar-refractivity contribution in [3.8, 4) is 11.5 Å². The van der Waals surface area contributed by atoms with Crippen LogP contribution in [0.1, 0.15) is 82.8 Å². The Labute approximate surface area is 238 Å². The van der Waals surface area contributed by atoms with Crippen molar-refractivity contribution in [2.75, 3.05) is 19.8 Å². The lowest BCUT2D eigenvalue weighted by Crippen LogP contribution is -2.24. The molecule has 3 rings (SSSR count). The Morgan fingerprint density at radius 1 is 0.850 bits per heavy atom. The summed E-state index contributed by atoms with van der Waals surface area (Å²) in [6.45, 7) is 16.9. The van der Waals surface area contributed by atoms with Crippen molar-refractivity contribution in [2.24, 2.45) is 0 Å². The summed E-state index contributed by atoms with van der Waals surface area (Å²) in [7, 11) is 0. The van der Waals surface area contributed by atoms with E-state index in [1.54, 1.807) is 31.2 Å². The lowest BCUT2D eigenvalue weighted by atomic mass is 9.90. The number of esters is 2. The van der Waals surface area contributed by atoms with E-state index in [0.717, 1.165) is 53.9 Å². The number of benzene rings is 2. The van der Waals surface area contributed by atoms with Crippen molar-refractivity contribution in [1.82, 2.24) is 0 Å². The zero-order valence-electron chi connectivity index (χ0n) is 24.3. The van der Waals surface area contributed by atoms with Crippen LogP contribution >= 0.6 is 0 Å². The van der Waals surface area contributed by atoms with E-state index in [-0.39, 0.29) is 42.2 Å². The minimum absolute atomic E-state index is 0.0333. The smallest absolute Gasteiger partial charge is 0.306 e. The van der Waals surface area contributed by atoms with Crippen LogP contribution in [0.4, 0.5) is 0 Å². The second kappa shape index (κ2) is 17.2. The van der Waals surface area contributed by atoms with Gasteiger partial charge in [-0.1, -0.05) is 48.6 Å². The van der Waals surface area contributed by atoms with Gasteiger partial charge in [0.25, 0.3) is 0 Å². The Morgan fingerprint density at radius 3 is 1.73 bits per heavy atom. The van der Waals surface area contributed by atoms with E-state index >= 15 is 0 Å². The third kappa shape index (κ3) is 11.3. The predicted octanol–water partition coefficient (Wildman–Crippen LogP) is 7.21. The molecular formula is C33H44O7. The second-order valence-electron chi connectivity index (χ2n) is 9.89. The van der Waals surface area contributed by atoms with Gasteiger partial charge in [0.2, 0.25) is 0 Å². The highest BCUT2D eigenvalue weighted by Crippen LogP contribution is 2.30. The summed E-state index contributed by atoms with van der Waals surface area (Å²) in [6, 6.07) is 14.6. The molecule has 0 radical (unpaired) electrons. The van der Waals surface area contributed by atoms with Crippen molar-refractivity contribution < 1.29 is 33.6 Å². The number of allylic oxidation sites excluding steroid dienone is 2. The summed E-state index contributed by atoms with van der Waals surface area (Å²) in [5, 5.41) is 9.23. The van der Waals surface area contributed by atoms with Crippen LogP contribution in [-0.2, 0) is 23.8 Å². The number of hydrogen-bond donors (Lipinski definition) is 1. The fourth-order valence-corrected chi connectivity index (χ4v) is 4.37. The van der Waals surface area contributed by atoms with Crippen LogP contribution < -0.4 is 4.74 Å². The third-order valence-electron chi connectivity index (χ3n) is 6.53. The maximum Gasteiger partial charge on any atom is 0.306 e. The first-order valence-corrected chi connectivity index (χ1v) is 13.9. The first-order chi connectivity index (χ1) is 19.1. The summed E-state index contributed by atoms with van der Waals surface area (Å²) >= 11 is 0. The monoisotopic (exact) mass is 552 g/mol. The normalized spacial score (nSPS) is 15.9. The molecule has 1 N–H and O–H groups in total. The first kappa shape index (κ1) is 32.6. The number of hydrogen-bond acceptors (Lipinski definition) is 7. The number of aromatic hydroxyl groups is 1. The van der Waals surface area contributed by atoms with Crippen molar-refractivity contribution in [1.29, 1.82) is 0 Å². The summed E-state index contributed by atoms with van der Waals surface area (Å²) in [5.74, 6) is 0.483. The predicted molar refractivity (Wildman–Crippen MR) is 156 cm³/mol. The number of rotatable bonds is 12. The summed E-state index contributed by atoms with van der Waals surface area (Å²) in [5.41, 5.74) is 3.86. The summed E-state index contributed by atoms with van der Waals surface area (Å²) in [6.07, 6.45) is 3.63. The Bertz CT molecular complexity index is 1080. The van der Waals surface area contributed by atoms with Gasteiger partial charge in [0.1, 0.15) is 11.5 Å². The van der Waals surface area contributed by atoms with Gasteiger partial charge in [-0.05, 0) is 75.9 Å². The highest BCUT2D eigenvalue weighted by Gasteiger charge is 2.20. The number of carbonyl (C=O) groups excluding carboxylic acids is 2. The number of carbonyl (C=O) groups is 2. The SMILES string of the molecule is C=C(C)C(CC(=O)OCC)c1ccc(O)cc1.C=C(C)C(CC(=O)OCC)c1ccc(OC2CCCCO2)cc1. The quantitative estimate of drug-likeness (QED) is 0.220. The number of phenols is 1. The van der Waals surface area contributed by atoms with Gasteiger partial charge in [0, 0.05) is 18.3 Å². The van der Waals surface area contributed by atoms with E-state index in [9.17, 15) is 14.7 Å².